The van der Waals surface area contributed by atoms with E-state index in [9.17, 15) is 18.3 Å². The highest BCUT2D eigenvalue weighted by Gasteiger charge is 2.22. The molecule has 0 atom stereocenters. The van der Waals surface area contributed by atoms with Gasteiger partial charge in [0, 0.05) is 6.54 Å². The average Bonchev–Trinajstić information content (AvgIpc) is 2.26. The molecule has 0 bridgehead atoms. The Hall–Kier alpha value is -1.40. The van der Waals surface area contributed by atoms with Gasteiger partial charge in [0.15, 0.2) is 0 Å². The molecule has 0 spiro atoms. The van der Waals surface area contributed by atoms with Gasteiger partial charge in [-0.1, -0.05) is 24.6 Å². The van der Waals surface area contributed by atoms with Gasteiger partial charge in [0.2, 0.25) is 10.0 Å². The van der Waals surface area contributed by atoms with Crippen LogP contribution < -0.4 is 5.11 Å². The average molecular weight is 256 g/mol. The van der Waals surface area contributed by atoms with Crippen LogP contribution in [0.3, 0.4) is 0 Å². The van der Waals surface area contributed by atoms with E-state index in [1.807, 2.05) is 6.92 Å². The van der Waals surface area contributed by atoms with Crippen molar-refractivity contribution >= 4 is 16.0 Å². The van der Waals surface area contributed by atoms with Crippen molar-refractivity contribution in [3.05, 3.63) is 29.8 Å². The van der Waals surface area contributed by atoms with Crippen LogP contribution in [-0.2, 0) is 14.8 Å². The number of carboxylic acids is 1. The largest absolute Gasteiger partial charge is 0.549 e. The van der Waals surface area contributed by atoms with E-state index in [0.717, 1.165) is 9.87 Å². The van der Waals surface area contributed by atoms with Crippen molar-refractivity contribution < 1.29 is 18.3 Å². The van der Waals surface area contributed by atoms with Gasteiger partial charge < -0.3 is 9.90 Å². The monoisotopic (exact) mass is 256 g/mol. The highest BCUT2D eigenvalue weighted by molar-refractivity contribution is 7.89. The maximum absolute atomic E-state index is 12.0. The van der Waals surface area contributed by atoms with Gasteiger partial charge in [0.05, 0.1) is 17.4 Å². The molecule has 0 saturated heterocycles. The summed E-state index contributed by atoms with van der Waals surface area (Å²) in [5, 5.41) is 10.5. The molecule has 0 saturated carbocycles. The molecule has 0 aromatic heterocycles. The smallest absolute Gasteiger partial charge is 0.243 e. The summed E-state index contributed by atoms with van der Waals surface area (Å²) < 4.78 is 25.0. The molecule has 0 aliphatic heterocycles. The molecule has 0 radical (unpaired) electrons. The molecule has 1 rings (SSSR count). The number of hydrogen-bond acceptors (Lipinski definition) is 4. The summed E-state index contributed by atoms with van der Waals surface area (Å²) in [6, 6.07) is 6.25. The lowest BCUT2D eigenvalue weighted by atomic mass is 10.2. The minimum atomic E-state index is -3.75. The van der Waals surface area contributed by atoms with E-state index in [-0.39, 0.29) is 11.4 Å². The molecular weight excluding hydrogens is 242 g/mol. The lowest BCUT2D eigenvalue weighted by Crippen LogP contribution is -2.41. The van der Waals surface area contributed by atoms with Crippen LogP contribution in [0.15, 0.2) is 29.2 Å². The predicted octanol–water partition coefficient (Wildman–Crippen LogP) is -0.244. The van der Waals surface area contributed by atoms with E-state index in [1.165, 1.54) is 12.1 Å². The normalized spacial score (nSPS) is 11.7. The van der Waals surface area contributed by atoms with Gasteiger partial charge in [-0.15, -0.1) is 0 Å². The molecule has 0 heterocycles. The molecule has 94 valence electrons. The van der Waals surface area contributed by atoms with Crippen LogP contribution in [-0.4, -0.2) is 31.8 Å². The number of hydrogen-bond donors (Lipinski definition) is 0. The van der Waals surface area contributed by atoms with Crippen molar-refractivity contribution in [2.24, 2.45) is 0 Å². The van der Waals surface area contributed by atoms with Crippen molar-refractivity contribution in [2.45, 2.75) is 18.7 Å². The molecule has 17 heavy (non-hydrogen) atoms. The topological polar surface area (TPSA) is 77.5 Å². The van der Waals surface area contributed by atoms with Crippen LogP contribution in [0.5, 0.6) is 0 Å². The van der Waals surface area contributed by atoms with Crippen LogP contribution >= 0.6 is 0 Å². The standard InChI is InChI=1S/C11H15NO4S/c1-3-12(8-11(13)14)17(15,16)10-6-4-9(2)5-7-10/h4-7H,3,8H2,1-2H3,(H,13,14)/p-1. The minimum Gasteiger partial charge on any atom is -0.549 e. The Bertz CT molecular complexity index is 493. The fourth-order valence-corrected chi connectivity index (χ4v) is 2.76. The molecule has 6 heteroatoms. The molecular formula is C11H14NO4S-. The molecule has 1 aromatic rings. The Labute approximate surface area is 101 Å². The number of aryl methyl sites for hydroxylation is 1. The van der Waals surface area contributed by atoms with Gasteiger partial charge in [-0.25, -0.2) is 8.42 Å². The summed E-state index contributed by atoms with van der Waals surface area (Å²) in [6.07, 6.45) is 0. The number of likely N-dealkylation sites (N-methyl/N-ethyl adjacent to an activating group) is 1. The van der Waals surface area contributed by atoms with Gasteiger partial charge >= 0.3 is 0 Å². The third-order valence-electron chi connectivity index (χ3n) is 2.32. The number of benzene rings is 1. The molecule has 0 fully saturated rings. The summed E-state index contributed by atoms with van der Waals surface area (Å²) in [5.74, 6) is -1.41. The summed E-state index contributed by atoms with van der Waals surface area (Å²) in [4.78, 5) is 10.6. The lowest BCUT2D eigenvalue weighted by molar-refractivity contribution is -0.305. The van der Waals surface area contributed by atoms with Crippen molar-refractivity contribution in [3.8, 4) is 0 Å². The fraction of sp³-hybridized carbons (Fsp3) is 0.364. The number of aliphatic carboxylic acids is 1. The van der Waals surface area contributed by atoms with Crippen molar-refractivity contribution in [3.63, 3.8) is 0 Å². The maximum atomic E-state index is 12.0. The Morgan fingerprint density at radius 3 is 2.24 bits per heavy atom. The number of carbonyl (C=O) groups excluding carboxylic acids is 1. The summed E-state index contributed by atoms with van der Waals surface area (Å²) in [6.45, 7) is 2.88. The first kappa shape index (κ1) is 13.7. The Balaban J connectivity index is 3.08. The second-order valence-corrected chi connectivity index (χ2v) is 5.55. The highest BCUT2D eigenvalue weighted by atomic mass is 32.2. The van der Waals surface area contributed by atoms with E-state index in [1.54, 1.807) is 19.1 Å². The zero-order valence-corrected chi connectivity index (χ0v) is 10.5. The molecule has 0 aliphatic rings. The molecule has 5 nitrogen and oxygen atoms in total. The fourth-order valence-electron chi connectivity index (χ4n) is 1.37. The highest BCUT2D eigenvalue weighted by Crippen LogP contribution is 2.15. The molecule has 0 aliphatic carbocycles. The molecule has 0 unspecified atom stereocenters. The van der Waals surface area contributed by atoms with E-state index in [2.05, 4.69) is 0 Å². The van der Waals surface area contributed by atoms with E-state index >= 15 is 0 Å². The number of rotatable bonds is 5. The second kappa shape index (κ2) is 5.29. The predicted molar refractivity (Wildman–Crippen MR) is 60.6 cm³/mol. The lowest BCUT2D eigenvalue weighted by Gasteiger charge is -2.20. The van der Waals surface area contributed by atoms with Gasteiger partial charge in [-0.05, 0) is 19.1 Å². The number of carbonyl (C=O) groups is 1. The van der Waals surface area contributed by atoms with Gasteiger partial charge in [0.1, 0.15) is 0 Å². The zero-order valence-electron chi connectivity index (χ0n) is 9.71. The summed E-state index contributed by atoms with van der Waals surface area (Å²) in [7, 11) is -3.75. The van der Waals surface area contributed by atoms with E-state index < -0.39 is 22.5 Å². The first-order valence-corrected chi connectivity index (χ1v) is 6.58. The van der Waals surface area contributed by atoms with Crippen LogP contribution in [0.4, 0.5) is 0 Å². The maximum Gasteiger partial charge on any atom is 0.243 e. The second-order valence-electron chi connectivity index (χ2n) is 3.62. The van der Waals surface area contributed by atoms with Crippen LogP contribution in [0.1, 0.15) is 12.5 Å². The van der Waals surface area contributed by atoms with Gasteiger partial charge in [0.25, 0.3) is 0 Å². The Morgan fingerprint density at radius 1 is 1.29 bits per heavy atom. The van der Waals surface area contributed by atoms with E-state index in [0.29, 0.717) is 0 Å². The number of nitrogens with zero attached hydrogens (tertiary/aromatic N) is 1. The SMILES string of the molecule is CCN(CC(=O)[O-])S(=O)(=O)c1ccc(C)cc1. The third-order valence-corrected chi connectivity index (χ3v) is 4.25. The molecule has 0 N–H and O–H groups in total. The quantitative estimate of drug-likeness (QED) is 0.728. The number of sulfonamides is 1. The van der Waals surface area contributed by atoms with E-state index in [4.69, 9.17) is 0 Å². The van der Waals surface area contributed by atoms with Crippen molar-refractivity contribution in [1.29, 1.82) is 0 Å². The third kappa shape index (κ3) is 3.28. The van der Waals surface area contributed by atoms with Crippen LogP contribution in [0.2, 0.25) is 0 Å². The molecule has 0 amide bonds. The zero-order chi connectivity index (χ0) is 13.1. The van der Waals surface area contributed by atoms with Crippen LogP contribution in [0.25, 0.3) is 0 Å². The summed E-state index contributed by atoms with van der Waals surface area (Å²) in [5.41, 5.74) is 0.937. The first-order valence-electron chi connectivity index (χ1n) is 5.14. The van der Waals surface area contributed by atoms with Gasteiger partial charge in [-0.2, -0.15) is 4.31 Å². The molecule has 1 aromatic carbocycles. The van der Waals surface area contributed by atoms with Crippen molar-refractivity contribution in [1.82, 2.24) is 4.31 Å². The van der Waals surface area contributed by atoms with Crippen molar-refractivity contribution in [2.75, 3.05) is 13.1 Å². The Morgan fingerprint density at radius 2 is 1.82 bits per heavy atom. The number of carboxylic acid groups (broad SMARTS) is 1. The minimum absolute atomic E-state index is 0.0875. The first-order chi connectivity index (χ1) is 7.87. The van der Waals surface area contributed by atoms with Gasteiger partial charge in [-0.3, -0.25) is 0 Å². The Kier molecular flexibility index (Phi) is 4.25. The summed E-state index contributed by atoms with van der Waals surface area (Å²) >= 11 is 0. The van der Waals surface area contributed by atoms with Crippen LogP contribution in [0, 0.1) is 6.92 Å².